The molecule has 0 aromatic rings. The second-order valence-corrected chi connectivity index (χ2v) is 3.85. The van der Waals surface area contributed by atoms with Crippen LogP contribution in [0, 0.1) is 0 Å². The highest BCUT2D eigenvalue weighted by Crippen LogP contribution is 2.57. The van der Waals surface area contributed by atoms with Crippen molar-refractivity contribution in [3.05, 3.63) is 0 Å². The second-order valence-electron chi connectivity index (χ2n) is 3.85. The number of rotatable bonds is 5. The normalized spacial score (nSPS) is 16.3. The molecule has 0 aliphatic rings. The Morgan fingerprint density at radius 1 is 0.360 bits per heavy atom. The van der Waals surface area contributed by atoms with Gasteiger partial charge in [-0.15, -0.1) is 13.2 Å². The Balaban J connectivity index is 6.03. The van der Waals surface area contributed by atoms with Crippen LogP contribution in [0.2, 0.25) is 0 Å². The molecular formula is C7F16O2. The molecular weight excluding hydrogens is 420 g/mol. The zero-order chi connectivity index (χ0) is 20.9. The third-order valence-electron chi connectivity index (χ3n) is 2.02. The summed E-state index contributed by atoms with van der Waals surface area (Å²) < 4.78 is 197. The summed E-state index contributed by atoms with van der Waals surface area (Å²) in [5.41, 5.74) is -7.98. The van der Waals surface area contributed by atoms with Gasteiger partial charge >= 0.3 is 42.7 Å². The van der Waals surface area contributed by atoms with E-state index >= 15 is 0 Å². The van der Waals surface area contributed by atoms with E-state index in [4.69, 9.17) is 0 Å². The first-order chi connectivity index (χ1) is 10.4. The minimum absolute atomic E-state index is 1.20. The van der Waals surface area contributed by atoms with Gasteiger partial charge in [0.25, 0.3) is 0 Å². The van der Waals surface area contributed by atoms with Gasteiger partial charge in [0.15, 0.2) is 0 Å². The summed E-state index contributed by atoms with van der Waals surface area (Å²) in [5, 5.41) is 0. The smallest absolute Gasteiger partial charge is 0.245 e. The second kappa shape index (κ2) is 5.92. The van der Waals surface area contributed by atoms with Crippen molar-refractivity contribution in [3.8, 4) is 0 Å². The standard InChI is InChI=1S/C7F16O2/c8-1(2(9,10)11,3(12,13)14)4(15,16)24-5(17,18)6(19,20)25-7(21,22)23. The van der Waals surface area contributed by atoms with E-state index in [-0.39, 0.29) is 0 Å². The summed E-state index contributed by atoms with van der Waals surface area (Å²) in [6, 6.07) is 0. The molecule has 0 fully saturated rings. The molecule has 152 valence electrons. The maximum absolute atomic E-state index is 12.9. The van der Waals surface area contributed by atoms with Crippen molar-refractivity contribution >= 4 is 0 Å². The van der Waals surface area contributed by atoms with Crippen LogP contribution in [0.4, 0.5) is 70.2 Å². The van der Waals surface area contributed by atoms with Gasteiger partial charge in [0.2, 0.25) is 0 Å². The van der Waals surface area contributed by atoms with Crippen molar-refractivity contribution in [1.29, 1.82) is 0 Å². The topological polar surface area (TPSA) is 18.5 Å². The lowest BCUT2D eigenvalue weighted by atomic mass is 10.0. The Kier molecular flexibility index (Phi) is 5.63. The summed E-state index contributed by atoms with van der Waals surface area (Å²) in [6.07, 6.45) is -44.8. The van der Waals surface area contributed by atoms with Gasteiger partial charge in [-0.1, -0.05) is 0 Å². The molecule has 2 nitrogen and oxygen atoms in total. The monoisotopic (exact) mass is 420 g/mol. The molecule has 25 heavy (non-hydrogen) atoms. The van der Waals surface area contributed by atoms with Crippen LogP contribution in [-0.4, -0.2) is 42.7 Å². The van der Waals surface area contributed by atoms with E-state index in [0.717, 1.165) is 0 Å². The van der Waals surface area contributed by atoms with Crippen LogP contribution in [0.3, 0.4) is 0 Å². The third-order valence-corrected chi connectivity index (χ3v) is 2.02. The first-order valence-electron chi connectivity index (χ1n) is 4.84. The lowest BCUT2D eigenvalue weighted by molar-refractivity contribution is -0.553. The van der Waals surface area contributed by atoms with Crippen LogP contribution in [-0.2, 0) is 9.47 Å². The van der Waals surface area contributed by atoms with E-state index in [0.29, 0.717) is 0 Å². The van der Waals surface area contributed by atoms with Crippen LogP contribution in [0.1, 0.15) is 0 Å². The average Bonchev–Trinajstić information content (AvgIpc) is 2.18. The quantitative estimate of drug-likeness (QED) is 0.573. The van der Waals surface area contributed by atoms with E-state index in [1.807, 2.05) is 0 Å². The highest BCUT2D eigenvalue weighted by molar-refractivity contribution is 5.02. The molecule has 0 heterocycles. The largest absolute Gasteiger partial charge is 0.527 e. The Hall–Kier alpha value is -1.20. The Labute approximate surface area is 124 Å². The van der Waals surface area contributed by atoms with Gasteiger partial charge < -0.3 is 0 Å². The van der Waals surface area contributed by atoms with Gasteiger partial charge in [0, 0.05) is 0 Å². The Morgan fingerprint density at radius 3 is 0.880 bits per heavy atom. The fourth-order valence-electron chi connectivity index (χ4n) is 0.986. The van der Waals surface area contributed by atoms with Crippen LogP contribution >= 0.6 is 0 Å². The molecule has 0 radical (unpaired) electrons. The van der Waals surface area contributed by atoms with Crippen LogP contribution in [0.15, 0.2) is 0 Å². The molecule has 0 unspecified atom stereocenters. The van der Waals surface area contributed by atoms with Gasteiger partial charge in [-0.3, -0.25) is 0 Å². The molecule has 0 aliphatic carbocycles. The molecule has 0 atom stereocenters. The molecule has 0 bridgehead atoms. The van der Waals surface area contributed by atoms with Gasteiger partial charge in [-0.05, 0) is 0 Å². The number of ether oxygens (including phenoxy) is 2. The first kappa shape index (κ1) is 23.8. The molecule has 0 spiro atoms. The highest BCUT2D eigenvalue weighted by atomic mass is 19.4. The van der Waals surface area contributed by atoms with Gasteiger partial charge in [-0.25, -0.2) is 13.9 Å². The van der Waals surface area contributed by atoms with Crippen molar-refractivity contribution in [2.24, 2.45) is 0 Å². The summed E-state index contributed by atoms with van der Waals surface area (Å²) in [6.45, 7) is 0. The predicted octanol–water partition coefficient (Wildman–Crippen LogP) is 5.15. The lowest BCUT2D eigenvalue weighted by Gasteiger charge is -2.37. The van der Waals surface area contributed by atoms with E-state index < -0.39 is 42.7 Å². The predicted molar refractivity (Wildman–Crippen MR) is 39.0 cm³/mol. The molecule has 0 aromatic heterocycles. The lowest BCUT2D eigenvalue weighted by Crippen LogP contribution is -2.67. The molecule has 0 aromatic carbocycles. The minimum Gasteiger partial charge on any atom is -0.245 e. The van der Waals surface area contributed by atoms with Crippen molar-refractivity contribution in [2.45, 2.75) is 42.7 Å². The van der Waals surface area contributed by atoms with E-state index in [2.05, 4.69) is 0 Å². The molecule has 18 heteroatoms. The molecule has 0 N–H and O–H groups in total. The fourth-order valence-corrected chi connectivity index (χ4v) is 0.986. The molecule has 0 aliphatic heterocycles. The summed E-state index contributed by atoms with van der Waals surface area (Å²) >= 11 is 0. The van der Waals surface area contributed by atoms with Crippen molar-refractivity contribution in [1.82, 2.24) is 0 Å². The van der Waals surface area contributed by atoms with Crippen molar-refractivity contribution in [3.63, 3.8) is 0 Å². The molecule has 0 saturated carbocycles. The SMILES string of the molecule is FC(F)(F)OC(F)(F)C(F)(F)OC(F)(F)C(F)(C(F)(F)F)C(F)(F)F. The third kappa shape index (κ3) is 4.50. The zero-order valence-electron chi connectivity index (χ0n) is 10.4. The van der Waals surface area contributed by atoms with Crippen LogP contribution in [0.25, 0.3) is 0 Å². The molecule has 0 saturated heterocycles. The van der Waals surface area contributed by atoms with Gasteiger partial charge in [0.05, 0.1) is 0 Å². The number of halogens is 16. The van der Waals surface area contributed by atoms with Gasteiger partial charge in [0.1, 0.15) is 0 Å². The number of alkyl halides is 16. The Morgan fingerprint density at radius 2 is 0.640 bits per heavy atom. The maximum Gasteiger partial charge on any atom is 0.527 e. The summed E-state index contributed by atoms with van der Waals surface area (Å²) in [4.78, 5) is 0. The first-order valence-corrected chi connectivity index (χ1v) is 4.84. The van der Waals surface area contributed by atoms with E-state index in [1.165, 1.54) is 9.47 Å². The Bertz CT molecular complexity index is 454. The fraction of sp³-hybridized carbons (Fsp3) is 1.00. The van der Waals surface area contributed by atoms with E-state index in [1.54, 1.807) is 0 Å². The highest BCUT2D eigenvalue weighted by Gasteiger charge is 2.88. The molecule has 0 rings (SSSR count). The summed E-state index contributed by atoms with van der Waals surface area (Å²) in [7, 11) is 0. The van der Waals surface area contributed by atoms with Crippen LogP contribution < -0.4 is 0 Å². The summed E-state index contributed by atoms with van der Waals surface area (Å²) in [5.74, 6) is 0. The minimum atomic E-state index is -7.98. The zero-order valence-corrected chi connectivity index (χ0v) is 10.4. The van der Waals surface area contributed by atoms with Crippen molar-refractivity contribution in [2.75, 3.05) is 0 Å². The van der Waals surface area contributed by atoms with Crippen LogP contribution in [0.5, 0.6) is 0 Å². The average molecular weight is 420 g/mol. The number of hydrogen-bond acceptors (Lipinski definition) is 2. The maximum atomic E-state index is 12.9. The van der Waals surface area contributed by atoms with E-state index in [9.17, 15) is 70.2 Å². The van der Waals surface area contributed by atoms with Gasteiger partial charge in [-0.2, -0.15) is 52.7 Å². The van der Waals surface area contributed by atoms with Crippen molar-refractivity contribution < 1.29 is 79.7 Å². The molecule has 0 amide bonds. The number of hydrogen-bond donors (Lipinski definition) is 0.